The van der Waals surface area contributed by atoms with Gasteiger partial charge < -0.3 is 0 Å². The minimum Gasteiger partial charge on any atom is -0.254 e. The van der Waals surface area contributed by atoms with Crippen LogP contribution < -0.4 is 0 Å². The van der Waals surface area contributed by atoms with E-state index in [1.54, 1.807) is 11.8 Å². The molecule has 0 saturated heterocycles. The number of hydrogen-bond donors (Lipinski definition) is 0. The lowest BCUT2D eigenvalue weighted by Gasteiger charge is -2.23. The number of rotatable bonds is 2. The quantitative estimate of drug-likeness (QED) is 0.737. The molecule has 0 spiro atoms. The van der Waals surface area contributed by atoms with E-state index in [9.17, 15) is 4.21 Å². The Morgan fingerprint density at radius 3 is 2.00 bits per heavy atom. The molecule has 0 heterocycles. The summed E-state index contributed by atoms with van der Waals surface area (Å²) >= 11 is 1.78. The molecule has 1 aromatic rings. The molecule has 0 aromatic heterocycles. The summed E-state index contributed by atoms with van der Waals surface area (Å²) in [6, 6.07) is 8.02. The number of benzene rings is 1. The average Bonchev–Trinajstić information content (AvgIpc) is 2.13. The second kappa shape index (κ2) is 5.15. The molecule has 0 fully saturated rings. The van der Waals surface area contributed by atoms with E-state index >= 15 is 0 Å². The zero-order valence-corrected chi connectivity index (χ0v) is 13.2. The summed E-state index contributed by atoms with van der Waals surface area (Å²) in [4.78, 5) is 2.09. The second-order valence-electron chi connectivity index (χ2n) is 6.04. The first-order valence-corrected chi connectivity index (χ1v) is 7.78. The third-order valence-corrected chi connectivity index (χ3v) is 5.21. The molecule has 1 unspecified atom stereocenters. The maximum atomic E-state index is 12.5. The molecule has 1 rings (SSSR count). The van der Waals surface area contributed by atoms with E-state index in [0.29, 0.717) is 0 Å². The van der Waals surface area contributed by atoms with E-state index < -0.39 is 10.8 Å². The minimum atomic E-state index is -0.968. The highest BCUT2D eigenvalue weighted by Crippen LogP contribution is 2.37. The second-order valence-corrected chi connectivity index (χ2v) is 10.1. The van der Waals surface area contributed by atoms with Crippen molar-refractivity contribution < 1.29 is 4.21 Å². The van der Waals surface area contributed by atoms with Crippen molar-refractivity contribution in [3.8, 4) is 0 Å². The molecular weight excluding hydrogens is 248 g/mol. The highest BCUT2D eigenvalue weighted by atomic mass is 32.2. The van der Waals surface area contributed by atoms with Gasteiger partial charge in [-0.15, -0.1) is 11.8 Å². The lowest BCUT2D eigenvalue weighted by Crippen LogP contribution is -2.22. The highest BCUT2D eigenvalue weighted by molar-refractivity contribution is 8.01. The van der Waals surface area contributed by atoms with Crippen molar-refractivity contribution >= 4 is 22.6 Å². The van der Waals surface area contributed by atoms with Crippen molar-refractivity contribution in [2.24, 2.45) is 0 Å². The Bertz CT molecular complexity index is 411. The zero-order chi connectivity index (χ0) is 13.3. The standard InChI is InChI=1S/C14H22OS2/c1-13(2,3)16-11-9-7-8-10-12(11)17(15)14(4,5)6/h7-10H,1-6H3. The summed E-state index contributed by atoms with van der Waals surface area (Å²) in [6.45, 7) is 12.6. The lowest BCUT2D eigenvalue weighted by atomic mass is 10.3. The van der Waals surface area contributed by atoms with Crippen LogP contribution in [0.2, 0.25) is 0 Å². The number of thioether (sulfide) groups is 1. The molecule has 96 valence electrons. The Morgan fingerprint density at radius 2 is 1.53 bits per heavy atom. The Labute approximate surface area is 112 Å². The predicted molar refractivity (Wildman–Crippen MR) is 78.2 cm³/mol. The Balaban J connectivity index is 3.13. The maximum absolute atomic E-state index is 12.5. The Morgan fingerprint density at radius 1 is 1.00 bits per heavy atom. The van der Waals surface area contributed by atoms with Crippen LogP contribution in [0.1, 0.15) is 41.5 Å². The van der Waals surface area contributed by atoms with Crippen LogP contribution in [-0.2, 0) is 10.8 Å². The molecule has 0 N–H and O–H groups in total. The summed E-state index contributed by atoms with van der Waals surface area (Å²) in [5.41, 5.74) is 0. The summed E-state index contributed by atoms with van der Waals surface area (Å²) < 4.78 is 12.4. The SMILES string of the molecule is CC(C)(C)Sc1ccccc1S(=O)C(C)(C)C. The summed E-state index contributed by atoms with van der Waals surface area (Å²) in [7, 11) is -0.968. The van der Waals surface area contributed by atoms with Crippen LogP contribution >= 0.6 is 11.8 Å². The van der Waals surface area contributed by atoms with Gasteiger partial charge in [0.1, 0.15) is 0 Å². The smallest absolute Gasteiger partial charge is 0.0595 e. The van der Waals surface area contributed by atoms with Crippen molar-refractivity contribution in [2.75, 3.05) is 0 Å². The van der Waals surface area contributed by atoms with E-state index in [1.807, 2.05) is 39.0 Å². The van der Waals surface area contributed by atoms with Crippen molar-refractivity contribution in [2.45, 2.75) is 60.8 Å². The fraction of sp³-hybridized carbons (Fsp3) is 0.571. The van der Waals surface area contributed by atoms with Gasteiger partial charge in [0, 0.05) is 14.4 Å². The first-order valence-electron chi connectivity index (χ1n) is 5.81. The van der Waals surface area contributed by atoms with E-state index in [2.05, 4.69) is 26.8 Å². The van der Waals surface area contributed by atoms with Gasteiger partial charge in [-0.05, 0) is 32.9 Å². The summed E-state index contributed by atoms with van der Waals surface area (Å²) in [5.74, 6) is 0. The minimum absolute atomic E-state index is 0.137. The van der Waals surface area contributed by atoms with Crippen molar-refractivity contribution in [1.29, 1.82) is 0 Å². The van der Waals surface area contributed by atoms with Gasteiger partial charge >= 0.3 is 0 Å². The summed E-state index contributed by atoms with van der Waals surface area (Å²) in [6.07, 6.45) is 0. The molecule has 0 bridgehead atoms. The molecule has 0 amide bonds. The van der Waals surface area contributed by atoms with Gasteiger partial charge in [-0.25, -0.2) is 0 Å². The van der Waals surface area contributed by atoms with Crippen molar-refractivity contribution in [3.63, 3.8) is 0 Å². The average molecular weight is 270 g/mol. The van der Waals surface area contributed by atoms with Gasteiger partial charge in [-0.2, -0.15) is 0 Å². The number of hydrogen-bond acceptors (Lipinski definition) is 2. The molecule has 0 aliphatic rings. The van der Waals surface area contributed by atoms with Crippen LogP contribution in [0, 0.1) is 0 Å². The van der Waals surface area contributed by atoms with Gasteiger partial charge in [0.05, 0.1) is 15.7 Å². The molecule has 1 aromatic carbocycles. The van der Waals surface area contributed by atoms with Gasteiger partial charge in [0.2, 0.25) is 0 Å². The van der Waals surface area contributed by atoms with Crippen LogP contribution in [0.15, 0.2) is 34.1 Å². The van der Waals surface area contributed by atoms with E-state index in [1.165, 1.54) is 0 Å². The van der Waals surface area contributed by atoms with Crippen LogP contribution in [0.5, 0.6) is 0 Å². The van der Waals surface area contributed by atoms with Gasteiger partial charge in [0.25, 0.3) is 0 Å². The topological polar surface area (TPSA) is 17.1 Å². The third kappa shape index (κ3) is 4.47. The van der Waals surface area contributed by atoms with Gasteiger partial charge in [-0.1, -0.05) is 32.9 Å². The molecule has 1 nitrogen and oxygen atoms in total. The fourth-order valence-corrected chi connectivity index (χ4v) is 3.79. The highest BCUT2D eigenvalue weighted by Gasteiger charge is 2.25. The normalized spacial score (nSPS) is 14.7. The van der Waals surface area contributed by atoms with E-state index in [4.69, 9.17) is 0 Å². The van der Waals surface area contributed by atoms with E-state index in [0.717, 1.165) is 9.79 Å². The van der Waals surface area contributed by atoms with Crippen molar-refractivity contribution in [1.82, 2.24) is 0 Å². The van der Waals surface area contributed by atoms with Crippen LogP contribution in [0.3, 0.4) is 0 Å². The molecule has 0 saturated carbocycles. The van der Waals surface area contributed by atoms with Crippen LogP contribution in [0.25, 0.3) is 0 Å². The molecule has 3 heteroatoms. The zero-order valence-electron chi connectivity index (χ0n) is 11.5. The first-order chi connectivity index (χ1) is 7.61. The molecule has 0 aliphatic carbocycles. The monoisotopic (exact) mass is 270 g/mol. The first kappa shape index (κ1) is 14.8. The maximum Gasteiger partial charge on any atom is 0.0595 e. The molecule has 0 aliphatic heterocycles. The lowest BCUT2D eigenvalue weighted by molar-refractivity contribution is 0.647. The van der Waals surface area contributed by atoms with Gasteiger partial charge in [0.15, 0.2) is 0 Å². The Hall–Kier alpha value is -0.280. The van der Waals surface area contributed by atoms with Gasteiger partial charge in [-0.3, -0.25) is 4.21 Å². The van der Waals surface area contributed by atoms with Crippen molar-refractivity contribution in [3.05, 3.63) is 24.3 Å². The van der Waals surface area contributed by atoms with E-state index in [-0.39, 0.29) is 9.49 Å². The summed E-state index contributed by atoms with van der Waals surface area (Å²) in [5, 5.41) is 0. The largest absolute Gasteiger partial charge is 0.254 e. The predicted octanol–water partition coefficient (Wildman–Crippen LogP) is 4.48. The van der Waals surface area contributed by atoms with Crippen LogP contribution in [0.4, 0.5) is 0 Å². The fourth-order valence-electron chi connectivity index (χ4n) is 1.35. The molecule has 0 radical (unpaired) electrons. The Kier molecular flexibility index (Phi) is 4.48. The van der Waals surface area contributed by atoms with Crippen LogP contribution in [-0.4, -0.2) is 13.7 Å². The molecule has 17 heavy (non-hydrogen) atoms. The molecular formula is C14H22OS2. The molecule has 1 atom stereocenters. The third-order valence-electron chi connectivity index (χ3n) is 2.02.